The molecule has 2 amide bonds. The lowest BCUT2D eigenvalue weighted by Crippen LogP contribution is -2.30. The topological polar surface area (TPSA) is 84.5 Å². The highest BCUT2D eigenvalue weighted by atomic mass is 16.5. The average Bonchev–Trinajstić information content (AvgIpc) is 3.01. The molecule has 0 bridgehead atoms. The first kappa shape index (κ1) is 18.0. The predicted octanol–water partition coefficient (Wildman–Crippen LogP) is 3.10. The van der Waals surface area contributed by atoms with Crippen LogP contribution in [0.25, 0.3) is 0 Å². The Kier molecular flexibility index (Phi) is 6.35. The molecule has 0 radical (unpaired) electrons. The molecular weight excluding hydrogens is 308 g/mol. The van der Waals surface area contributed by atoms with Crippen LogP contribution in [0.4, 0.5) is 11.4 Å². The van der Waals surface area contributed by atoms with E-state index in [0.717, 1.165) is 12.8 Å². The number of rotatable bonds is 6. The van der Waals surface area contributed by atoms with Gasteiger partial charge in [0, 0.05) is 24.7 Å². The average molecular weight is 332 g/mol. The number of ether oxygens (including phenoxy) is 1. The van der Waals surface area contributed by atoms with Crippen LogP contribution in [-0.4, -0.2) is 23.9 Å². The van der Waals surface area contributed by atoms with E-state index in [9.17, 15) is 14.4 Å². The van der Waals surface area contributed by atoms with Gasteiger partial charge in [0.2, 0.25) is 5.91 Å². The summed E-state index contributed by atoms with van der Waals surface area (Å²) in [4.78, 5) is 34.9. The van der Waals surface area contributed by atoms with Gasteiger partial charge in [0.1, 0.15) is 0 Å². The van der Waals surface area contributed by atoms with Gasteiger partial charge in [-0.15, -0.1) is 0 Å². The molecule has 1 atom stereocenters. The molecule has 2 rings (SSSR count). The summed E-state index contributed by atoms with van der Waals surface area (Å²) in [6.07, 6.45) is 4.02. The standard InChI is InChI=1S/C18H24N2O4/c1-12(24-17(22)11-14-5-3-4-6-14)18(23)20-16-9-7-15(8-10-16)19-13(2)21/h7-10,12,14H,3-6,11H2,1-2H3,(H,19,21)(H,20,23)/t12-/m0/s1. The maximum atomic E-state index is 12.1. The molecular formula is C18H24N2O4. The van der Waals surface area contributed by atoms with E-state index in [-0.39, 0.29) is 17.8 Å². The third-order valence-corrected chi connectivity index (χ3v) is 4.08. The fourth-order valence-electron chi connectivity index (χ4n) is 2.83. The number of nitrogens with one attached hydrogen (secondary N) is 2. The number of benzene rings is 1. The summed E-state index contributed by atoms with van der Waals surface area (Å²) in [6.45, 7) is 2.99. The Morgan fingerprint density at radius 1 is 1.08 bits per heavy atom. The van der Waals surface area contributed by atoms with E-state index < -0.39 is 6.10 Å². The van der Waals surface area contributed by atoms with Gasteiger partial charge >= 0.3 is 5.97 Å². The predicted molar refractivity (Wildman–Crippen MR) is 91.5 cm³/mol. The molecule has 6 nitrogen and oxygen atoms in total. The quantitative estimate of drug-likeness (QED) is 0.784. The maximum absolute atomic E-state index is 12.1. The van der Waals surface area contributed by atoms with E-state index in [4.69, 9.17) is 4.74 Å². The zero-order chi connectivity index (χ0) is 17.5. The van der Waals surface area contributed by atoms with Crippen molar-refractivity contribution in [2.24, 2.45) is 5.92 Å². The van der Waals surface area contributed by atoms with Crippen LogP contribution in [-0.2, 0) is 19.1 Å². The van der Waals surface area contributed by atoms with E-state index in [1.54, 1.807) is 31.2 Å². The number of anilines is 2. The molecule has 0 aliphatic heterocycles. The number of hydrogen-bond donors (Lipinski definition) is 2. The van der Waals surface area contributed by atoms with Gasteiger partial charge in [0.05, 0.1) is 0 Å². The second kappa shape index (κ2) is 8.47. The smallest absolute Gasteiger partial charge is 0.306 e. The zero-order valence-electron chi connectivity index (χ0n) is 14.1. The molecule has 24 heavy (non-hydrogen) atoms. The molecule has 0 saturated heterocycles. The first-order valence-electron chi connectivity index (χ1n) is 8.32. The van der Waals surface area contributed by atoms with Crippen LogP contribution in [0.1, 0.15) is 46.0 Å². The van der Waals surface area contributed by atoms with Crippen LogP contribution in [0.5, 0.6) is 0 Å². The van der Waals surface area contributed by atoms with Crippen molar-refractivity contribution < 1.29 is 19.1 Å². The molecule has 0 aromatic heterocycles. The first-order valence-corrected chi connectivity index (χ1v) is 8.32. The largest absolute Gasteiger partial charge is 0.453 e. The molecule has 0 spiro atoms. The zero-order valence-corrected chi connectivity index (χ0v) is 14.1. The van der Waals surface area contributed by atoms with E-state index in [2.05, 4.69) is 10.6 Å². The number of carbonyl (C=O) groups excluding carboxylic acids is 3. The van der Waals surface area contributed by atoms with E-state index in [1.165, 1.54) is 19.8 Å². The van der Waals surface area contributed by atoms with Gasteiger partial charge in [0.25, 0.3) is 5.91 Å². The summed E-state index contributed by atoms with van der Waals surface area (Å²) in [5.41, 5.74) is 1.23. The Morgan fingerprint density at radius 2 is 1.62 bits per heavy atom. The van der Waals surface area contributed by atoms with Crippen molar-refractivity contribution in [3.63, 3.8) is 0 Å². The van der Waals surface area contributed by atoms with Gasteiger partial charge in [-0.25, -0.2) is 0 Å². The summed E-state index contributed by atoms with van der Waals surface area (Å²) in [6, 6.07) is 6.73. The molecule has 1 aliphatic carbocycles. The van der Waals surface area contributed by atoms with E-state index in [1.807, 2.05) is 0 Å². The van der Waals surface area contributed by atoms with Crippen LogP contribution < -0.4 is 10.6 Å². The summed E-state index contributed by atoms with van der Waals surface area (Å²) in [7, 11) is 0. The van der Waals surface area contributed by atoms with E-state index >= 15 is 0 Å². The monoisotopic (exact) mass is 332 g/mol. The van der Waals surface area contributed by atoms with Crippen molar-refractivity contribution in [2.45, 2.75) is 52.1 Å². The molecule has 1 saturated carbocycles. The lowest BCUT2D eigenvalue weighted by molar-refractivity contribution is -0.154. The van der Waals surface area contributed by atoms with Crippen LogP contribution >= 0.6 is 0 Å². The molecule has 1 aromatic carbocycles. The Balaban J connectivity index is 1.79. The second-order valence-corrected chi connectivity index (χ2v) is 6.23. The van der Waals surface area contributed by atoms with Crippen molar-refractivity contribution in [2.75, 3.05) is 10.6 Å². The Hall–Kier alpha value is -2.37. The summed E-state index contributed by atoms with van der Waals surface area (Å²) < 4.78 is 5.21. The molecule has 1 aromatic rings. The first-order chi connectivity index (χ1) is 11.4. The third kappa shape index (κ3) is 5.68. The van der Waals surface area contributed by atoms with Crippen LogP contribution in [0.2, 0.25) is 0 Å². The number of amides is 2. The molecule has 1 aliphatic rings. The van der Waals surface area contributed by atoms with E-state index in [0.29, 0.717) is 23.7 Å². The lowest BCUT2D eigenvalue weighted by atomic mass is 10.0. The summed E-state index contributed by atoms with van der Waals surface area (Å²) >= 11 is 0. The van der Waals surface area contributed by atoms with Gasteiger partial charge in [-0.2, -0.15) is 0 Å². The van der Waals surface area contributed by atoms with Crippen LogP contribution in [0.3, 0.4) is 0 Å². The number of esters is 1. The highest BCUT2D eigenvalue weighted by Crippen LogP contribution is 2.27. The molecule has 0 unspecified atom stereocenters. The fraction of sp³-hybridized carbons (Fsp3) is 0.500. The Labute approximate surface area is 142 Å². The molecule has 130 valence electrons. The van der Waals surface area contributed by atoms with Crippen molar-refractivity contribution in [3.8, 4) is 0 Å². The van der Waals surface area contributed by atoms with Gasteiger partial charge in [-0.05, 0) is 49.9 Å². The van der Waals surface area contributed by atoms with Gasteiger partial charge < -0.3 is 15.4 Å². The van der Waals surface area contributed by atoms with Crippen molar-refractivity contribution in [1.29, 1.82) is 0 Å². The molecule has 6 heteroatoms. The highest BCUT2D eigenvalue weighted by molar-refractivity contribution is 5.95. The van der Waals surface area contributed by atoms with Crippen LogP contribution in [0.15, 0.2) is 24.3 Å². The van der Waals surface area contributed by atoms with Gasteiger partial charge in [-0.3, -0.25) is 14.4 Å². The van der Waals surface area contributed by atoms with Gasteiger partial charge in [0.15, 0.2) is 6.10 Å². The SMILES string of the molecule is CC(=O)Nc1ccc(NC(=O)[C@H](C)OC(=O)CC2CCCC2)cc1. The number of carbonyl (C=O) groups is 3. The second-order valence-electron chi connectivity index (χ2n) is 6.23. The summed E-state index contributed by atoms with van der Waals surface area (Å²) in [5, 5.41) is 5.34. The maximum Gasteiger partial charge on any atom is 0.306 e. The molecule has 1 fully saturated rings. The van der Waals surface area contributed by atoms with Crippen molar-refractivity contribution >= 4 is 29.2 Å². The van der Waals surface area contributed by atoms with Crippen LogP contribution in [0, 0.1) is 5.92 Å². The normalized spacial score (nSPS) is 15.6. The molecule has 0 heterocycles. The Bertz CT molecular complexity index is 592. The van der Waals surface area contributed by atoms with Crippen molar-refractivity contribution in [1.82, 2.24) is 0 Å². The third-order valence-electron chi connectivity index (χ3n) is 4.08. The lowest BCUT2D eigenvalue weighted by Gasteiger charge is -2.15. The van der Waals surface area contributed by atoms with Crippen molar-refractivity contribution in [3.05, 3.63) is 24.3 Å². The number of hydrogen-bond acceptors (Lipinski definition) is 4. The minimum absolute atomic E-state index is 0.158. The van der Waals surface area contributed by atoms with Gasteiger partial charge in [-0.1, -0.05) is 12.8 Å². The fourth-order valence-corrected chi connectivity index (χ4v) is 2.83. The minimum Gasteiger partial charge on any atom is -0.453 e. The highest BCUT2D eigenvalue weighted by Gasteiger charge is 2.23. The Morgan fingerprint density at radius 3 is 2.17 bits per heavy atom. The summed E-state index contributed by atoms with van der Waals surface area (Å²) in [5.74, 6) is -0.448. The molecule has 2 N–H and O–H groups in total. The minimum atomic E-state index is -0.839.